The molecule has 0 aliphatic rings. The molecule has 92 valence electrons. The molecule has 0 aliphatic heterocycles. The zero-order valence-electron chi connectivity index (χ0n) is 10.4. The van der Waals surface area contributed by atoms with Gasteiger partial charge in [-0.3, -0.25) is 0 Å². The molecule has 2 rings (SSSR count). The van der Waals surface area contributed by atoms with Gasteiger partial charge in [-0.15, -0.1) is 0 Å². The van der Waals surface area contributed by atoms with Crippen molar-refractivity contribution in [2.45, 2.75) is 0 Å². The van der Waals surface area contributed by atoms with Crippen molar-refractivity contribution >= 4 is 26.7 Å². The molecule has 1 heterocycles. The van der Waals surface area contributed by atoms with Gasteiger partial charge in [0.05, 0.1) is 31.4 Å². The molecule has 0 saturated heterocycles. The van der Waals surface area contributed by atoms with Crippen LogP contribution in [0.3, 0.4) is 0 Å². The van der Waals surface area contributed by atoms with E-state index in [1.54, 1.807) is 0 Å². The van der Waals surface area contributed by atoms with Crippen molar-refractivity contribution in [2.75, 3.05) is 40.0 Å². The molecule has 2 N–H and O–H groups in total. The van der Waals surface area contributed by atoms with Crippen LogP contribution < -0.4 is 10.5 Å². The largest absolute Gasteiger partial charge is 0.488 e. The topological polar surface area (TPSA) is 48.1 Å². The minimum atomic E-state index is 0.600. The van der Waals surface area contributed by atoms with Crippen LogP contribution in [0.5, 0.6) is 5.75 Å². The highest BCUT2D eigenvalue weighted by atomic mass is 32.1. The van der Waals surface area contributed by atoms with Crippen molar-refractivity contribution < 1.29 is 9.22 Å². The molecule has 0 atom stereocenters. The Balaban J connectivity index is 2.04. The number of rotatable bonds is 4. The standard InChI is InChI=1S/C12H18N3OS/c1-15(2,3)6-7-16-9-4-5-10-11(8-9)17-12(13)14-10/h4-5,8H,6-7H2,1-3H3,(H2,13,14)/q+1. The maximum atomic E-state index is 5.72. The van der Waals surface area contributed by atoms with Gasteiger partial charge in [-0.2, -0.15) is 0 Å². The second-order valence-electron chi connectivity index (χ2n) is 5.04. The number of fused-ring (bicyclic) bond motifs is 1. The smallest absolute Gasteiger partial charge is 0.181 e. The number of nitrogen functional groups attached to an aromatic ring is 1. The van der Waals surface area contributed by atoms with Gasteiger partial charge in [-0.05, 0) is 18.2 Å². The number of likely N-dealkylation sites (N-methyl/N-ethyl adjacent to an activating group) is 1. The summed E-state index contributed by atoms with van der Waals surface area (Å²) in [5.74, 6) is 0.884. The van der Waals surface area contributed by atoms with Crippen LogP contribution >= 0.6 is 11.3 Å². The highest BCUT2D eigenvalue weighted by Gasteiger charge is 2.07. The number of nitrogens with zero attached hydrogens (tertiary/aromatic N) is 2. The molecule has 1 aromatic carbocycles. The Bertz CT molecular complexity index is 516. The van der Waals surface area contributed by atoms with Gasteiger partial charge in [0.15, 0.2) is 5.13 Å². The number of benzene rings is 1. The fourth-order valence-corrected chi connectivity index (χ4v) is 2.21. The van der Waals surface area contributed by atoms with Crippen LogP contribution in [0, 0.1) is 0 Å². The van der Waals surface area contributed by atoms with Crippen LogP contribution in [0.2, 0.25) is 0 Å². The van der Waals surface area contributed by atoms with E-state index < -0.39 is 0 Å². The number of aromatic nitrogens is 1. The van der Waals surface area contributed by atoms with Gasteiger partial charge >= 0.3 is 0 Å². The lowest BCUT2D eigenvalue weighted by Gasteiger charge is -2.23. The lowest BCUT2D eigenvalue weighted by atomic mass is 10.3. The maximum absolute atomic E-state index is 5.72. The summed E-state index contributed by atoms with van der Waals surface area (Å²) >= 11 is 1.49. The minimum absolute atomic E-state index is 0.600. The molecular weight excluding hydrogens is 234 g/mol. The first-order chi connectivity index (χ1) is 7.94. The first kappa shape index (κ1) is 12.1. The quantitative estimate of drug-likeness (QED) is 0.846. The summed E-state index contributed by atoms with van der Waals surface area (Å²) in [5, 5.41) is 0.600. The van der Waals surface area contributed by atoms with E-state index in [0.717, 1.165) is 27.0 Å². The summed E-state index contributed by atoms with van der Waals surface area (Å²) in [6.45, 7) is 1.69. The third kappa shape index (κ3) is 3.31. The summed E-state index contributed by atoms with van der Waals surface area (Å²) in [6.07, 6.45) is 0. The van der Waals surface area contributed by atoms with Gasteiger partial charge in [0.25, 0.3) is 0 Å². The van der Waals surface area contributed by atoms with Crippen LogP contribution in [-0.2, 0) is 0 Å². The number of hydrogen-bond acceptors (Lipinski definition) is 4. The van der Waals surface area contributed by atoms with E-state index in [4.69, 9.17) is 10.5 Å². The Hall–Kier alpha value is -1.33. The minimum Gasteiger partial charge on any atom is -0.488 e. The average molecular weight is 252 g/mol. The Labute approximate surface area is 105 Å². The second-order valence-corrected chi connectivity index (χ2v) is 6.11. The molecule has 0 fully saturated rings. The van der Waals surface area contributed by atoms with E-state index in [2.05, 4.69) is 26.1 Å². The van der Waals surface area contributed by atoms with Crippen molar-refractivity contribution in [3.63, 3.8) is 0 Å². The average Bonchev–Trinajstić information content (AvgIpc) is 2.55. The zero-order chi connectivity index (χ0) is 12.5. The molecule has 17 heavy (non-hydrogen) atoms. The number of ether oxygens (including phenoxy) is 1. The summed E-state index contributed by atoms with van der Waals surface area (Å²) in [4.78, 5) is 4.21. The van der Waals surface area contributed by atoms with E-state index >= 15 is 0 Å². The summed E-state index contributed by atoms with van der Waals surface area (Å²) in [6, 6.07) is 5.89. The van der Waals surface area contributed by atoms with Crippen LogP contribution in [0.25, 0.3) is 10.2 Å². The second kappa shape index (κ2) is 4.50. The molecule has 0 amide bonds. The fraction of sp³-hybridized carbons (Fsp3) is 0.417. The predicted molar refractivity (Wildman–Crippen MR) is 72.4 cm³/mol. The Morgan fingerprint density at radius 3 is 2.82 bits per heavy atom. The van der Waals surface area contributed by atoms with E-state index in [9.17, 15) is 0 Å². The molecule has 0 radical (unpaired) electrons. The van der Waals surface area contributed by atoms with E-state index in [0.29, 0.717) is 11.7 Å². The van der Waals surface area contributed by atoms with Gasteiger partial charge in [-0.1, -0.05) is 11.3 Å². The Morgan fingerprint density at radius 1 is 1.35 bits per heavy atom. The molecule has 1 aromatic heterocycles. The SMILES string of the molecule is C[N+](C)(C)CCOc1ccc2nc(N)sc2c1. The first-order valence-electron chi connectivity index (χ1n) is 5.53. The zero-order valence-corrected chi connectivity index (χ0v) is 11.3. The predicted octanol–water partition coefficient (Wildman–Crippen LogP) is 1.96. The number of nitrogens with two attached hydrogens (primary N) is 1. The molecule has 2 aromatic rings. The summed E-state index contributed by atoms with van der Waals surface area (Å²) in [7, 11) is 6.45. The summed E-state index contributed by atoms with van der Waals surface area (Å²) in [5.41, 5.74) is 6.60. The van der Waals surface area contributed by atoms with Crippen LogP contribution in [0.15, 0.2) is 18.2 Å². The Morgan fingerprint density at radius 2 is 2.12 bits per heavy atom. The highest BCUT2D eigenvalue weighted by Crippen LogP contribution is 2.27. The van der Waals surface area contributed by atoms with Gasteiger partial charge < -0.3 is 15.0 Å². The normalized spacial score (nSPS) is 11.9. The van der Waals surface area contributed by atoms with Gasteiger partial charge in [0.1, 0.15) is 18.9 Å². The van der Waals surface area contributed by atoms with Crippen LogP contribution in [0.4, 0.5) is 5.13 Å². The van der Waals surface area contributed by atoms with E-state index in [-0.39, 0.29) is 0 Å². The number of thiazole rings is 1. The molecule has 0 spiro atoms. The molecule has 0 aliphatic carbocycles. The van der Waals surface area contributed by atoms with Crippen LogP contribution in [0.1, 0.15) is 0 Å². The lowest BCUT2D eigenvalue weighted by molar-refractivity contribution is -0.870. The number of quaternary nitrogens is 1. The van der Waals surface area contributed by atoms with Crippen molar-refractivity contribution in [2.24, 2.45) is 0 Å². The van der Waals surface area contributed by atoms with E-state index in [1.807, 2.05) is 18.2 Å². The van der Waals surface area contributed by atoms with Crippen molar-refractivity contribution in [1.29, 1.82) is 0 Å². The number of hydrogen-bond donors (Lipinski definition) is 1. The first-order valence-corrected chi connectivity index (χ1v) is 6.35. The van der Waals surface area contributed by atoms with Crippen molar-refractivity contribution in [3.8, 4) is 5.75 Å². The van der Waals surface area contributed by atoms with Gasteiger partial charge in [0.2, 0.25) is 0 Å². The summed E-state index contributed by atoms with van der Waals surface area (Å²) < 4.78 is 7.69. The molecule has 0 saturated carbocycles. The van der Waals surface area contributed by atoms with Crippen molar-refractivity contribution in [1.82, 2.24) is 4.98 Å². The fourth-order valence-electron chi connectivity index (χ4n) is 1.45. The molecule has 5 heteroatoms. The van der Waals surface area contributed by atoms with Crippen LogP contribution in [-0.4, -0.2) is 43.8 Å². The highest BCUT2D eigenvalue weighted by molar-refractivity contribution is 7.22. The third-order valence-electron chi connectivity index (χ3n) is 2.41. The monoisotopic (exact) mass is 252 g/mol. The third-order valence-corrected chi connectivity index (χ3v) is 3.25. The van der Waals surface area contributed by atoms with E-state index in [1.165, 1.54) is 11.3 Å². The van der Waals surface area contributed by atoms with Gasteiger partial charge in [0, 0.05) is 0 Å². The molecule has 0 unspecified atom stereocenters. The number of anilines is 1. The lowest BCUT2D eigenvalue weighted by Crippen LogP contribution is -2.38. The molecule has 4 nitrogen and oxygen atoms in total. The van der Waals surface area contributed by atoms with Crippen molar-refractivity contribution in [3.05, 3.63) is 18.2 Å². The Kier molecular flexibility index (Phi) is 3.22. The maximum Gasteiger partial charge on any atom is 0.181 e. The molecule has 0 bridgehead atoms. The van der Waals surface area contributed by atoms with Gasteiger partial charge in [-0.25, -0.2) is 4.98 Å². The molecular formula is C12H18N3OS+.